The number of benzene rings is 2. The Bertz CT molecular complexity index is 984. The molecule has 2 aromatic rings. The first-order valence-corrected chi connectivity index (χ1v) is 11.1. The molecule has 4 rings (SSSR count). The third-order valence-electron chi connectivity index (χ3n) is 6.34. The first kappa shape index (κ1) is 22.0. The van der Waals surface area contributed by atoms with E-state index in [0.29, 0.717) is 38.2 Å². The predicted octanol–water partition coefficient (Wildman–Crippen LogP) is 2.58. The zero-order chi connectivity index (χ0) is 22.5. The van der Waals surface area contributed by atoms with Gasteiger partial charge in [0.15, 0.2) is 0 Å². The molecule has 0 unspecified atom stereocenters. The number of fused-ring (bicyclic) bond motifs is 1. The van der Waals surface area contributed by atoms with Crippen LogP contribution < -0.4 is 10.6 Å². The van der Waals surface area contributed by atoms with Crippen molar-refractivity contribution in [2.45, 2.75) is 25.2 Å². The van der Waals surface area contributed by atoms with E-state index in [4.69, 9.17) is 4.74 Å². The van der Waals surface area contributed by atoms with Crippen LogP contribution in [0.2, 0.25) is 0 Å². The first-order valence-electron chi connectivity index (χ1n) is 11.1. The third-order valence-corrected chi connectivity index (χ3v) is 6.34. The number of carbonyl (C=O) groups excluding carboxylic acids is 3. The average molecular weight is 436 g/mol. The first-order chi connectivity index (χ1) is 15.6. The smallest absolute Gasteiger partial charge is 0.251 e. The minimum absolute atomic E-state index is 0.0222. The number of anilines is 1. The van der Waals surface area contributed by atoms with E-state index in [2.05, 4.69) is 10.6 Å². The van der Waals surface area contributed by atoms with Crippen molar-refractivity contribution in [1.29, 1.82) is 0 Å². The van der Waals surface area contributed by atoms with Crippen molar-refractivity contribution in [3.05, 3.63) is 65.2 Å². The second kappa shape index (κ2) is 9.96. The molecule has 2 aliphatic rings. The van der Waals surface area contributed by atoms with Crippen molar-refractivity contribution in [2.75, 3.05) is 38.7 Å². The van der Waals surface area contributed by atoms with Crippen LogP contribution >= 0.6 is 0 Å². The Kier molecular flexibility index (Phi) is 6.85. The highest BCUT2D eigenvalue weighted by atomic mass is 16.5. The molecule has 32 heavy (non-hydrogen) atoms. The molecule has 0 saturated carbocycles. The number of likely N-dealkylation sites (tertiary alicyclic amines) is 1. The van der Waals surface area contributed by atoms with Crippen LogP contribution in [0, 0.1) is 5.92 Å². The molecule has 7 heteroatoms. The van der Waals surface area contributed by atoms with E-state index in [1.165, 1.54) is 0 Å². The molecule has 1 fully saturated rings. The Balaban J connectivity index is 1.40. The summed E-state index contributed by atoms with van der Waals surface area (Å²) in [5.41, 5.74) is 3.20. The summed E-state index contributed by atoms with van der Waals surface area (Å²) in [7, 11) is 1.59. The van der Waals surface area contributed by atoms with E-state index >= 15 is 0 Å². The summed E-state index contributed by atoms with van der Waals surface area (Å²) < 4.78 is 4.97. The molecule has 0 spiro atoms. The van der Waals surface area contributed by atoms with E-state index < -0.39 is 0 Å². The van der Waals surface area contributed by atoms with Crippen molar-refractivity contribution >= 4 is 23.4 Å². The minimum atomic E-state index is -0.289. The van der Waals surface area contributed by atoms with E-state index in [9.17, 15) is 14.4 Å². The van der Waals surface area contributed by atoms with Crippen LogP contribution in [0.4, 0.5) is 5.69 Å². The summed E-state index contributed by atoms with van der Waals surface area (Å²) in [6.45, 7) is 2.17. The number of piperidine rings is 1. The molecular formula is C25H29N3O4. The van der Waals surface area contributed by atoms with E-state index in [1.807, 2.05) is 41.3 Å². The van der Waals surface area contributed by atoms with Gasteiger partial charge in [0.25, 0.3) is 5.91 Å². The maximum absolute atomic E-state index is 12.8. The summed E-state index contributed by atoms with van der Waals surface area (Å²) >= 11 is 0. The van der Waals surface area contributed by atoms with Gasteiger partial charge in [-0.05, 0) is 48.1 Å². The topological polar surface area (TPSA) is 87.7 Å². The second-order valence-corrected chi connectivity index (χ2v) is 8.40. The molecule has 2 heterocycles. The molecule has 0 radical (unpaired) electrons. The number of nitrogens with zero attached hydrogens (tertiary/aromatic N) is 1. The highest BCUT2D eigenvalue weighted by Crippen LogP contribution is 2.41. The monoisotopic (exact) mass is 435 g/mol. The van der Waals surface area contributed by atoms with Crippen LogP contribution in [0.5, 0.6) is 0 Å². The van der Waals surface area contributed by atoms with E-state index in [0.717, 1.165) is 29.7 Å². The van der Waals surface area contributed by atoms with Crippen LogP contribution in [-0.2, 0) is 20.7 Å². The standard InChI is InChI=1S/C25H29N3O4/c1-32-14-11-26-24(30)19-7-8-21-20(16-19)23(25(31)27-21)18-9-12-28(13-10-18)22(29)15-17-5-3-2-4-6-17/h2-8,16,18,23H,9-15H2,1H3,(H,26,30)(H,27,31)/t23-/m0/s1. The van der Waals surface area contributed by atoms with Gasteiger partial charge in [-0.15, -0.1) is 0 Å². The molecule has 1 saturated heterocycles. The maximum Gasteiger partial charge on any atom is 0.251 e. The molecule has 2 N–H and O–H groups in total. The lowest BCUT2D eigenvalue weighted by Gasteiger charge is -2.34. The SMILES string of the molecule is COCCNC(=O)c1ccc2c(c1)[C@H](C1CCN(C(=O)Cc3ccccc3)CC1)C(=O)N2. The lowest BCUT2D eigenvalue weighted by molar-refractivity contribution is -0.132. The van der Waals surface area contributed by atoms with Crippen molar-refractivity contribution in [2.24, 2.45) is 5.92 Å². The summed E-state index contributed by atoms with van der Waals surface area (Å²) in [6, 6.07) is 15.1. The van der Waals surface area contributed by atoms with Crippen molar-refractivity contribution in [3.8, 4) is 0 Å². The number of ether oxygens (including phenoxy) is 1. The third kappa shape index (κ3) is 4.83. The Labute approximate surface area is 188 Å². The molecule has 7 nitrogen and oxygen atoms in total. The van der Waals surface area contributed by atoms with Gasteiger partial charge in [-0.3, -0.25) is 14.4 Å². The van der Waals surface area contributed by atoms with Crippen molar-refractivity contribution < 1.29 is 19.1 Å². The normalized spacial score (nSPS) is 18.2. The van der Waals surface area contributed by atoms with Crippen LogP contribution in [0.15, 0.2) is 48.5 Å². The Morgan fingerprint density at radius 2 is 1.88 bits per heavy atom. The number of amides is 3. The average Bonchev–Trinajstić information content (AvgIpc) is 3.14. The zero-order valence-electron chi connectivity index (χ0n) is 18.3. The Morgan fingerprint density at radius 3 is 2.59 bits per heavy atom. The lowest BCUT2D eigenvalue weighted by Crippen LogP contribution is -2.41. The summed E-state index contributed by atoms with van der Waals surface area (Å²) in [4.78, 5) is 39.8. The van der Waals surface area contributed by atoms with Gasteiger partial charge in [-0.2, -0.15) is 0 Å². The van der Waals surface area contributed by atoms with Gasteiger partial charge in [0.1, 0.15) is 0 Å². The van der Waals surface area contributed by atoms with Crippen molar-refractivity contribution in [3.63, 3.8) is 0 Å². The molecule has 0 bridgehead atoms. The Hall–Kier alpha value is -3.19. The van der Waals surface area contributed by atoms with Gasteiger partial charge in [0.2, 0.25) is 11.8 Å². The number of nitrogens with one attached hydrogen (secondary N) is 2. The van der Waals surface area contributed by atoms with E-state index in [1.54, 1.807) is 19.2 Å². The molecule has 0 aliphatic carbocycles. The van der Waals surface area contributed by atoms with Gasteiger partial charge < -0.3 is 20.3 Å². The number of rotatable bonds is 7. The summed E-state index contributed by atoms with van der Waals surface area (Å²) in [6.07, 6.45) is 1.93. The number of methoxy groups -OCH3 is 1. The highest BCUT2D eigenvalue weighted by Gasteiger charge is 2.39. The molecule has 0 aromatic heterocycles. The number of hydrogen-bond donors (Lipinski definition) is 2. The van der Waals surface area contributed by atoms with Crippen LogP contribution in [0.25, 0.3) is 0 Å². The van der Waals surface area contributed by atoms with Crippen LogP contribution in [0.1, 0.15) is 40.2 Å². The van der Waals surface area contributed by atoms with Gasteiger partial charge in [-0.1, -0.05) is 30.3 Å². The summed E-state index contributed by atoms with van der Waals surface area (Å²) in [5, 5.41) is 5.78. The zero-order valence-corrected chi connectivity index (χ0v) is 18.3. The van der Waals surface area contributed by atoms with Crippen molar-refractivity contribution in [1.82, 2.24) is 10.2 Å². The number of carbonyl (C=O) groups is 3. The maximum atomic E-state index is 12.8. The fourth-order valence-corrected chi connectivity index (χ4v) is 4.63. The minimum Gasteiger partial charge on any atom is -0.383 e. The molecular weight excluding hydrogens is 406 g/mol. The number of hydrogen-bond acceptors (Lipinski definition) is 4. The molecule has 2 aliphatic heterocycles. The lowest BCUT2D eigenvalue weighted by atomic mass is 9.80. The van der Waals surface area contributed by atoms with Crippen LogP contribution in [-0.4, -0.2) is 56.0 Å². The van der Waals surface area contributed by atoms with Gasteiger partial charge >= 0.3 is 0 Å². The molecule has 168 valence electrons. The summed E-state index contributed by atoms with van der Waals surface area (Å²) in [5.74, 6) is -0.219. The quantitative estimate of drug-likeness (QED) is 0.655. The van der Waals surface area contributed by atoms with Crippen LogP contribution in [0.3, 0.4) is 0 Å². The molecule has 1 atom stereocenters. The Morgan fingerprint density at radius 1 is 1.12 bits per heavy atom. The molecule has 2 aromatic carbocycles. The second-order valence-electron chi connectivity index (χ2n) is 8.40. The van der Waals surface area contributed by atoms with Gasteiger partial charge in [-0.25, -0.2) is 0 Å². The fourth-order valence-electron chi connectivity index (χ4n) is 4.63. The highest BCUT2D eigenvalue weighted by molar-refractivity contribution is 6.04. The largest absolute Gasteiger partial charge is 0.383 e. The fraction of sp³-hybridized carbons (Fsp3) is 0.400. The van der Waals surface area contributed by atoms with E-state index in [-0.39, 0.29) is 29.6 Å². The van der Waals surface area contributed by atoms with Gasteiger partial charge in [0, 0.05) is 38.0 Å². The predicted molar refractivity (Wildman–Crippen MR) is 121 cm³/mol. The molecule has 3 amide bonds. The van der Waals surface area contributed by atoms with Gasteiger partial charge in [0.05, 0.1) is 18.9 Å².